The van der Waals surface area contributed by atoms with Gasteiger partial charge in [0.15, 0.2) is 0 Å². The van der Waals surface area contributed by atoms with Crippen molar-refractivity contribution in [3.8, 4) is 5.75 Å². The van der Waals surface area contributed by atoms with Crippen LogP contribution < -0.4 is 4.74 Å². The fraction of sp³-hybridized carbons (Fsp3) is 0.526. The zero-order valence-electron chi connectivity index (χ0n) is 14.8. The van der Waals surface area contributed by atoms with Crippen molar-refractivity contribution in [1.82, 2.24) is 14.9 Å². The summed E-state index contributed by atoms with van der Waals surface area (Å²) in [5.41, 5.74) is 2.50. The second-order valence-corrected chi connectivity index (χ2v) is 6.85. The van der Waals surface area contributed by atoms with E-state index in [-0.39, 0.29) is 0 Å². The van der Waals surface area contributed by atoms with E-state index in [0.29, 0.717) is 13.2 Å². The predicted molar refractivity (Wildman–Crippen MR) is 94.2 cm³/mol. The van der Waals surface area contributed by atoms with Crippen LogP contribution in [-0.2, 0) is 13.0 Å². The lowest BCUT2D eigenvalue weighted by molar-refractivity contribution is 0.00311. The molecule has 0 spiro atoms. The number of nitrogens with zero attached hydrogens (tertiary/aromatic N) is 2. The number of aryl methyl sites for hydroxylation is 3. The molecule has 5 heteroatoms. The van der Waals surface area contributed by atoms with E-state index in [1.54, 1.807) is 0 Å². The summed E-state index contributed by atoms with van der Waals surface area (Å²) < 4.78 is 5.87. The standard InChI is InChI=1S/C19H27N3O2/c1-4-18-20-15(3)16(21-18)11-22-10-9-19(23,12-22)13-24-17-8-6-5-7-14(17)2/h5-8,23H,4,9-13H2,1-3H3,(H,20,21)/t19-/m0/s1. The first-order valence-electron chi connectivity index (χ1n) is 8.66. The molecule has 1 fully saturated rings. The molecule has 130 valence electrons. The van der Waals surface area contributed by atoms with Crippen LogP contribution in [0.3, 0.4) is 0 Å². The zero-order chi connectivity index (χ0) is 17.2. The van der Waals surface area contributed by atoms with Gasteiger partial charge in [-0.15, -0.1) is 0 Å². The molecule has 1 saturated heterocycles. The van der Waals surface area contributed by atoms with Gasteiger partial charge in [-0.1, -0.05) is 25.1 Å². The average Bonchev–Trinajstić information content (AvgIpc) is 3.11. The summed E-state index contributed by atoms with van der Waals surface area (Å²) in [5.74, 6) is 1.87. The summed E-state index contributed by atoms with van der Waals surface area (Å²) in [4.78, 5) is 10.2. The number of para-hydroxylation sites is 1. The van der Waals surface area contributed by atoms with Crippen LogP contribution >= 0.6 is 0 Å². The van der Waals surface area contributed by atoms with Crippen molar-refractivity contribution in [1.29, 1.82) is 0 Å². The number of rotatable bonds is 6. The Morgan fingerprint density at radius 1 is 1.33 bits per heavy atom. The maximum Gasteiger partial charge on any atom is 0.122 e. The Labute approximate surface area is 143 Å². The fourth-order valence-electron chi connectivity index (χ4n) is 3.22. The molecule has 2 aromatic rings. The van der Waals surface area contributed by atoms with Crippen molar-refractivity contribution in [2.75, 3.05) is 19.7 Å². The molecule has 0 aliphatic carbocycles. The Balaban J connectivity index is 1.57. The van der Waals surface area contributed by atoms with Crippen LogP contribution in [0.2, 0.25) is 0 Å². The van der Waals surface area contributed by atoms with Crippen molar-refractivity contribution in [2.24, 2.45) is 0 Å². The third-order valence-corrected chi connectivity index (χ3v) is 4.74. The summed E-state index contributed by atoms with van der Waals surface area (Å²) in [6.07, 6.45) is 1.64. The summed E-state index contributed by atoms with van der Waals surface area (Å²) in [5, 5.41) is 10.8. The number of aliphatic hydroxyl groups is 1. The molecule has 1 atom stereocenters. The number of hydrogen-bond donors (Lipinski definition) is 2. The number of aromatic nitrogens is 2. The highest BCUT2D eigenvalue weighted by Crippen LogP contribution is 2.25. The van der Waals surface area contributed by atoms with Crippen LogP contribution in [0.4, 0.5) is 0 Å². The third-order valence-electron chi connectivity index (χ3n) is 4.74. The van der Waals surface area contributed by atoms with Gasteiger partial charge >= 0.3 is 0 Å². The lowest BCUT2D eigenvalue weighted by atomic mass is 10.1. The minimum atomic E-state index is -0.792. The number of nitrogens with one attached hydrogen (secondary N) is 1. The molecule has 0 unspecified atom stereocenters. The molecule has 1 aromatic heterocycles. The molecule has 2 heterocycles. The second kappa shape index (κ2) is 6.95. The van der Waals surface area contributed by atoms with Crippen LogP contribution in [0.5, 0.6) is 5.75 Å². The molecule has 1 aliphatic rings. The Hall–Kier alpha value is -1.85. The Kier molecular flexibility index (Phi) is 4.92. The number of hydrogen-bond acceptors (Lipinski definition) is 4. The normalized spacial score (nSPS) is 21.3. The summed E-state index contributed by atoms with van der Waals surface area (Å²) in [6.45, 7) is 8.76. The number of H-pyrrole nitrogens is 1. The maximum atomic E-state index is 10.8. The highest BCUT2D eigenvalue weighted by molar-refractivity contribution is 5.31. The molecule has 3 rings (SSSR count). The first-order chi connectivity index (χ1) is 11.5. The fourth-order valence-corrected chi connectivity index (χ4v) is 3.22. The van der Waals surface area contributed by atoms with Gasteiger partial charge in [0.2, 0.25) is 0 Å². The van der Waals surface area contributed by atoms with Gasteiger partial charge in [0, 0.05) is 31.7 Å². The molecular weight excluding hydrogens is 302 g/mol. The van der Waals surface area contributed by atoms with Crippen molar-refractivity contribution >= 4 is 0 Å². The summed E-state index contributed by atoms with van der Waals surface area (Å²) in [7, 11) is 0. The second-order valence-electron chi connectivity index (χ2n) is 6.85. The Morgan fingerprint density at radius 3 is 2.83 bits per heavy atom. The average molecular weight is 329 g/mol. The highest BCUT2D eigenvalue weighted by atomic mass is 16.5. The van der Waals surface area contributed by atoms with Crippen molar-refractivity contribution in [3.05, 3.63) is 47.0 Å². The first-order valence-corrected chi connectivity index (χ1v) is 8.66. The minimum absolute atomic E-state index is 0.327. The molecule has 0 radical (unpaired) electrons. The van der Waals surface area contributed by atoms with Crippen molar-refractivity contribution in [3.63, 3.8) is 0 Å². The van der Waals surface area contributed by atoms with E-state index in [1.807, 2.05) is 31.2 Å². The van der Waals surface area contributed by atoms with E-state index in [9.17, 15) is 5.11 Å². The van der Waals surface area contributed by atoms with Crippen LogP contribution in [0.15, 0.2) is 24.3 Å². The molecule has 5 nitrogen and oxygen atoms in total. The number of β-amino-alcohol motifs (C(OH)–C–C–N with tert-alkyl or cyclic N) is 1. The molecule has 2 N–H and O–H groups in total. The van der Waals surface area contributed by atoms with Gasteiger partial charge in [0.25, 0.3) is 0 Å². The van der Waals surface area contributed by atoms with Gasteiger partial charge in [-0.2, -0.15) is 0 Å². The molecule has 0 bridgehead atoms. The third kappa shape index (κ3) is 3.79. The molecule has 1 aliphatic heterocycles. The zero-order valence-corrected chi connectivity index (χ0v) is 14.8. The quantitative estimate of drug-likeness (QED) is 0.855. The van der Waals surface area contributed by atoms with Gasteiger partial charge < -0.3 is 14.8 Å². The van der Waals surface area contributed by atoms with Gasteiger partial charge in [-0.05, 0) is 31.9 Å². The molecule has 1 aromatic carbocycles. The number of aromatic amines is 1. The highest BCUT2D eigenvalue weighted by Gasteiger charge is 2.37. The van der Waals surface area contributed by atoms with E-state index in [4.69, 9.17) is 4.74 Å². The van der Waals surface area contributed by atoms with Crippen LogP contribution in [-0.4, -0.2) is 45.3 Å². The minimum Gasteiger partial charge on any atom is -0.490 e. The van der Waals surface area contributed by atoms with E-state index >= 15 is 0 Å². The monoisotopic (exact) mass is 329 g/mol. The predicted octanol–water partition coefficient (Wildman–Crippen LogP) is 2.60. The number of imidazole rings is 1. The van der Waals surface area contributed by atoms with E-state index in [2.05, 4.69) is 28.7 Å². The molecule has 0 amide bonds. The van der Waals surface area contributed by atoms with Crippen LogP contribution in [0, 0.1) is 13.8 Å². The number of likely N-dealkylation sites (tertiary alicyclic amines) is 1. The van der Waals surface area contributed by atoms with E-state index < -0.39 is 5.60 Å². The number of ether oxygens (including phenoxy) is 1. The lowest BCUT2D eigenvalue weighted by Gasteiger charge is -2.24. The maximum absolute atomic E-state index is 10.8. The topological polar surface area (TPSA) is 61.4 Å². The van der Waals surface area contributed by atoms with Gasteiger partial charge in [-0.3, -0.25) is 4.90 Å². The summed E-state index contributed by atoms with van der Waals surface area (Å²) in [6, 6.07) is 7.92. The van der Waals surface area contributed by atoms with Crippen molar-refractivity contribution in [2.45, 2.75) is 45.8 Å². The largest absolute Gasteiger partial charge is 0.490 e. The smallest absolute Gasteiger partial charge is 0.122 e. The van der Waals surface area contributed by atoms with Crippen LogP contribution in [0.1, 0.15) is 36.1 Å². The van der Waals surface area contributed by atoms with Gasteiger partial charge in [0.1, 0.15) is 23.8 Å². The lowest BCUT2D eigenvalue weighted by Crippen LogP contribution is -2.39. The van der Waals surface area contributed by atoms with E-state index in [0.717, 1.165) is 54.5 Å². The van der Waals surface area contributed by atoms with Gasteiger partial charge in [-0.25, -0.2) is 4.98 Å². The molecular formula is C19H27N3O2. The van der Waals surface area contributed by atoms with E-state index in [1.165, 1.54) is 0 Å². The van der Waals surface area contributed by atoms with Gasteiger partial charge in [0.05, 0.1) is 5.69 Å². The first kappa shape index (κ1) is 17.0. The summed E-state index contributed by atoms with van der Waals surface area (Å²) >= 11 is 0. The van der Waals surface area contributed by atoms with Crippen molar-refractivity contribution < 1.29 is 9.84 Å². The number of benzene rings is 1. The Bertz CT molecular complexity index is 698. The molecule has 0 saturated carbocycles. The Morgan fingerprint density at radius 2 is 2.12 bits per heavy atom. The molecule has 24 heavy (non-hydrogen) atoms. The van der Waals surface area contributed by atoms with Crippen LogP contribution in [0.25, 0.3) is 0 Å². The SMILES string of the molecule is CCc1nc(CN2CC[C@@](O)(COc3ccccc3C)C2)c(C)[nH]1.